The largest absolute Gasteiger partial charge is 0.444 e. The van der Waals surface area contributed by atoms with Crippen LogP contribution in [0.5, 0.6) is 0 Å². The lowest BCUT2D eigenvalue weighted by Gasteiger charge is -2.26. The Morgan fingerprint density at radius 3 is 2.62 bits per heavy atom. The molecule has 2 unspecified atom stereocenters. The molecule has 0 radical (unpaired) electrons. The second-order valence-corrected chi connectivity index (χ2v) is 7.12. The molecule has 0 aromatic carbocycles. The van der Waals surface area contributed by atoms with E-state index < -0.39 is 5.60 Å². The highest BCUT2D eigenvalue weighted by molar-refractivity contribution is 5.69. The fraction of sp³-hybridized carbons (Fsp3) is 0.733. The summed E-state index contributed by atoms with van der Waals surface area (Å²) >= 11 is 0. The molecule has 1 amide bonds. The molecular weight excluding hydrogens is 268 g/mol. The van der Waals surface area contributed by atoms with Gasteiger partial charge in [0.15, 0.2) is 0 Å². The van der Waals surface area contributed by atoms with E-state index >= 15 is 0 Å². The minimum absolute atomic E-state index is 0.180. The van der Waals surface area contributed by atoms with Crippen molar-refractivity contribution in [2.75, 3.05) is 13.1 Å². The first-order valence-corrected chi connectivity index (χ1v) is 7.51. The second-order valence-electron chi connectivity index (χ2n) is 7.12. The number of hydrogen-bond acceptors (Lipinski definition) is 4. The summed E-state index contributed by atoms with van der Waals surface area (Å²) in [4.78, 5) is 17.9. The first-order chi connectivity index (χ1) is 9.85. The van der Waals surface area contributed by atoms with Crippen LogP contribution < -0.4 is 5.32 Å². The Labute approximate surface area is 125 Å². The highest BCUT2D eigenvalue weighted by atomic mass is 16.6. The summed E-state index contributed by atoms with van der Waals surface area (Å²) in [7, 11) is 2.00. The van der Waals surface area contributed by atoms with Crippen molar-refractivity contribution in [2.45, 2.75) is 39.0 Å². The lowest BCUT2D eigenvalue weighted by Crippen LogP contribution is -2.39. The van der Waals surface area contributed by atoms with Gasteiger partial charge in [-0.05, 0) is 32.6 Å². The maximum Gasteiger partial charge on any atom is 0.410 e. The number of carbonyl (C=O) groups excluding carboxylic acids is 1. The molecule has 0 bridgehead atoms. The fourth-order valence-electron chi connectivity index (χ4n) is 3.08. The third-order valence-electron chi connectivity index (χ3n) is 4.28. The number of aromatic nitrogens is 2. The first kappa shape index (κ1) is 14.4. The van der Waals surface area contributed by atoms with Crippen LogP contribution in [0.25, 0.3) is 0 Å². The SMILES string of the molecule is Cn1cncc1CNC1C2CN(C(=O)OC(C)(C)C)CC21. The Hall–Kier alpha value is -1.56. The predicted octanol–water partition coefficient (Wildman–Crippen LogP) is 1.37. The number of ether oxygens (including phenoxy) is 1. The zero-order valence-corrected chi connectivity index (χ0v) is 13.2. The van der Waals surface area contributed by atoms with E-state index in [-0.39, 0.29) is 6.09 Å². The van der Waals surface area contributed by atoms with Crippen molar-refractivity contribution in [1.29, 1.82) is 0 Å². The van der Waals surface area contributed by atoms with E-state index in [1.165, 1.54) is 5.69 Å². The second kappa shape index (κ2) is 5.02. The van der Waals surface area contributed by atoms with Crippen molar-refractivity contribution >= 4 is 6.09 Å². The topological polar surface area (TPSA) is 59.4 Å². The highest BCUT2D eigenvalue weighted by Gasteiger charge is 2.56. The number of imidazole rings is 1. The average Bonchev–Trinajstić information content (AvgIpc) is 2.77. The molecule has 1 N–H and O–H groups in total. The summed E-state index contributed by atoms with van der Waals surface area (Å²) in [6, 6.07) is 0.526. The molecule has 2 atom stereocenters. The molecule has 3 rings (SSSR count). The Balaban J connectivity index is 1.44. The minimum Gasteiger partial charge on any atom is -0.444 e. The summed E-state index contributed by atoms with van der Waals surface area (Å²) in [5, 5.41) is 3.57. The number of nitrogens with zero attached hydrogens (tertiary/aromatic N) is 3. The van der Waals surface area contributed by atoms with Gasteiger partial charge in [0.05, 0.1) is 12.0 Å². The molecule has 21 heavy (non-hydrogen) atoms. The molecule has 1 saturated heterocycles. The van der Waals surface area contributed by atoms with Gasteiger partial charge >= 0.3 is 6.09 Å². The smallest absolute Gasteiger partial charge is 0.410 e. The van der Waals surface area contributed by atoms with Crippen LogP contribution in [0, 0.1) is 11.8 Å². The number of rotatable bonds is 3. The molecule has 1 saturated carbocycles. The monoisotopic (exact) mass is 292 g/mol. The number of amides is 1. The number of fused-ring (bicyclic) bond motifs is 1. The van der Waals surface area contributed by atoms with Crippen molar-refractivity contribution in [3.63, 3.8) is 0 Å². The molecule has 6 nitrogen and oxygen atoms in total. The van der Waals surface area contributed by atoms with Crippen LogP contribution in [-0.2, 0) is 18.3 Å². The van der Waals surface area contributed by atoms with Gasteiger partial charge in [0.25, 0.3) is 0 Å². The minimum atomic E-state index is -0.416. The molecule has 1 aromatic rings. The van der Waals surface area contributed by atoms with Crippen LogP contribution in [0.3, 0.4) is 0 Å². The lowest BCUT2D eigenvalue weighted by molar-refractivity contribution is 0.0269. The van der Waals surface area contributed by atoms with Gasteiger partial charge in [0.2, 0.25) is 0 Å². The Morgan fingerprint density at radius 1 is 1.43 bits per heavy atom. The van der Waals surface area contributed by atoms with Gasteiger partial charge in [-0.2, -0.15) is 0 Å². The van der Waals surface area contributed by atoms with Gasteiger partial charge in [-0.15, -0.1) is 0 Å². The molecular formula is C15H24N4O2. The molecule has 2 heterocycles. The number of aryl methyl sites for hydroxylation is 1. The molecule has 1 aliphatic heterocycles. The Morgan fingerprint density at radius 2 is 2.10 bits per heavy atom. The van der Waals surface area contributed by atoms with Gasteiger partial charge in [-0.3, -0.25) is 0 Å². The summed E-state index contributed by atoms with van der Waals surface area (Å²) in [6.45, 7) is 8.16. The molecule has 2 aliphatic rings. The highest BCUT2D eigenvalue weighted by Crippen LogP contribution is 2.45. The van der Waals surface area contributed by atoms with E-state index in [1.807, 2.05) is 49.8 Å². The van der Waals surface area contributed by atoms with Gasteiger partial charge in [0, 0.05) is 38.9 Å². The van der Waals surface area contributed by atoms with Crippen LogP contribution in [0.1, 0.15) is 26.5 Å². The van der Waals surface area contributed by atoms with Crippen LogP contribution in [0.4, 0.5) is 4.79 Å². The third kappa shape index (κ3) is 3.05. The van der Waals surface area contributed by atoms with Crippen molar-refractivity contribution in [3.8, 4) is 0 Å². The van der Waals surface area contributed by atoms with Crippen molar-refractivity contribution in [3.05, 3.63) is 18.2 Å². The van der Waals surface area contributed by atoms with Gasteiger partial charge in [-0.25, -0.2) is 9.78 Å². The van der Waals surface area contributed by atoms with Crippen molar-refractivity contribution in [2.24, 2.45) is 18.9 Å². The summed E-state index contributed by atoms with van der Waals surface area (Å²) in [5.41, 5.74) is 0.769. The van der Waals surface area contributed by atoms with E-state index in [4.69, 9.17) is 4.74 Å². The number of likely N-dealkylation sites (tertiary alicyclic amines) is 1. The number of nitrogens with one attached hydrogen (secondary N) is 1. The van der Waals surface area contributed by atoms with E-state index in [1.54, 1.807) is 0 Å². The van der Waals surface area contributed by atoms with E-state index in [0.717, 1.165) is 19.6 Å². The lowest BCUT2D eigenvalue weighted by atomic mass is 10.2. The van der Waals surface area contributed by atoms with Crippen LogP contribution in [-0.4, -0.2) is 45.3 Å². The van der Waals surface area contributed by atoms with Crippen molar-refractivity contribution in [1.82, 2.24) is 19.8 Å². The van der Waals surface area contributed by atoms with Crippen LogP contribution in [0.15, 0.2) is 12.5 Å². The van der Waals surface area contributed by atoms with E-state index in [2.05, 4.69) is 10.3 Å². The quantitative estimate of drug-likeness (QED) is 0.914. The number of hydrogen-bond donors (Lipinski definition) is 1. The van der Waals surface area contributed by atoms with E-state index in [9.17, 15) is 4.79 Å². The summed E-state index contributed by atoms with van der Waals surface area (Å²) in [6.07, 6.45) is 3.52. The Bertz CT molecular complexity index is 522. The standard InChI is InChI=1S/C15H24N4O2/c1-15(2,3)21-14(20)19-7-11-12(8-19)13(11)17-6-10-5-16-9-18(10)4/h5,9,11-13,17H,6-8H2,1-4H3. The summed E-state index contributed by atoms with van der Waals surface area (Å²) < 4.78 is 7.44. The molecule has 2 fully saturated rings. The predicted molar refractivity (Wildman–Crippen MR) is 78.6 cm³/mol. The molecule has 6 heteroatoms. The maximum atomic E-state index is 12.0. The van der Waals surface area contributed by atoms with Crippen LogP contribution in [0.2, 0.25) is 0 Å². The molecule has 116 valence electrons. The third-order valence-corrected chi connectivity index (χ3v) is 4.28. The Kier molecular flexibility index (Phi) is 3.43. The molecule has 0 spiro atoms. The maximum absolute atomic E-state index is 12.0. The number of carbonyl (C=O) groups is 1. The van der Waals surface area contributed by atoms with Gasteiger partial charge in [0.1, 0.15) is 5.60 Å². The molecule has 1 aromatic heterocycles. The summed E-state index contributed by atoms with van der Waals surface area (Å²) in [5.74, 6) is 1.15. The zero-order chi connectivity index (χ0) is 15.2. The van der Waals surface area contributed by atoms with E-state index in [0.29, 0.717) is 17.9 Å². The fourth-order valence-corrected chi connectivity index (χ4v) is 3.08. The molecule has 1 aliphatic carbocycles. The van der Waals surface area contributed by atoms with Crippen LogP contribution >= 0.6 is 0 Å². The van der Waals surface area contributed by atoms with Gasteiger partial charge in [-0.1, -0.05) is 0 Å². The van der Waals surface area contributed by atoms with Crippen molar-refractivity contribution < 1.29 is 9.53 Å². The normalized spacial score (nSPS) is 27.6. The zero-order valence-electron chi connectivity index (χ0n) is 13.2. The number of piperidine rings is 1. The first-order valence-electron chi connectivity index (χ1n) is 7.51. The van der Waals surface area contributed by atoms with Gasteiger partial charge < -0.3 is 19.5 Å². The average molecular weight is 292 g/mol.